The zero-order valence-electron chi connectivity index (χ0n) is 26.7. The maximum Gasteiger partial charge on any atom is 0.270 e. The normalized spacial score (nSPS) is 14.7. The van der Waals surface area contributed by atoms with Crippen LogP contribution in [0.15, 0.2) is 114 Å². The van der Waals surface area contributed by atoms with E-state index in [4.69, 9.17) is 6.57 Å². The standard InChI is InChI=1S/C41H32N4O2/c1-6-45(7-2)40-28-19-12-8-15-24(28)33(25-16-9-13-20-29(25)40)37-36(31(23-42)43-3)38(41(37)47)35-26-17-10-11-18-27(26)39(44(4)5)30-21-14-22-32(46)34(30)35/h8-22H,6-7H2,1-2,4-5H3,(H-,46,47)/b36-31+. The summed E-state index contributed by atoms with van der Waals surface area (Å²) in [6.07, 6.45) is 0. The summed E-state index contributed by atoms with van der Waals surface area (Å²) >= 11 is 0. The lowest BCUT2D eigenvalue weighted by molar-refractivity contribution is -0.519. The molecule has 47 heavy (non-hydrogen) atoms. The van der Waals surface area contributed by atoms with Crippen LogP contribution >= 0.6 is 0 Å². The lowest BCUT2D eigenvalue weighted by atomic mass is 9.69. The van der Waals surface area contributed by atoms with Gasteiger partial charge in [0.05, 0.1) is 29.5 Å². The summed E-state index contributed by atoms with van der Waals surface area (Å²) in [7, 11) is 3.91. The van der Waals surface area contributed by atoms with Crippen LogP contribution in [0.3, 0.4) is 0 Å². The van der Waals surface area contributed by atoms with Crippen molar-refractivity contribution in [3.8, 4) is 11.8 Å². The molecule has 0 saturated heterocycles. The topological polar surface area (TPSA) is 77.7 Å². The Morgan fingerprint density at radius 2 is 1.34 bits per heavy atom. The van der Waals surface area contributed by atoms with E-state index in [-0.39, 0.29) is 22.8 Å². The first kappa shape index (κ1) is 29.6. The smallest absolute Gasteiger partial charge is 0.270 e. The Morgan fingerprint density at radius 1 is 0.787 bits per heavy atom. The summed E-state index contributed by atoms with van der Waals surface area (Å²) in [6.45, 7) is 14.0. The summed E-state index contributed by atoms with van der Waals surface area (Å²) in [5.41, 5.74) is 7.84. The highest BCUT2D eigenvalue weighted by Crippen LogP contribution is 2.56. The van der Waals surface area contributed by atoms with E-state index in [0.29, 0.717) is 22.1 Å². The van der Waals surface area contributed by atoms with Gasteiger partial charge in [-0.05, 0) is 70.8 Å². The molecule has 0 atom stereocenters. The van der Waals surface area contributed by atoms with Crippen LogP contribution in [-0.4, -0.2) is 42.6 Å². The van der Waals surface area contributed by atoms with Gasteiger partial charge in [0.25, 0.3) is 5.70 Å². The van der Waals surface area contributed by atoms with Gasteiger partial charge in [0.2, 0.25) is 5.71 Å². The number of anilines is 1. The van der Waals surface area contributed by atoms with Crippen LogP contribution in [0.4, 0.5) is 5.69 Å². The molecule has 0 bridgehead atoms. The average Bonchev–Trinajstić information content (AvgIpc) is 3.09. The van der Waals surface area contributed by atoms with E-state index in [1.807, 2.05) is 85.7 Å². The number of phenols is 1. The van der Waals surface area contributed by atoms with E-state index in [0.717, 1.165) is 68.5 Å². The highest BCUT2D eigenvalue weighted by molar-refractivity contribution is 6.25. The second kappa shape index (κ2) is 11.4. The summed E-state index contributed by atoms with van der Waals surface area (Å²) in [5.74, 6) is -0.227. The van der Waals surface area contributed by atoms with Crippen LogP contribution in [0.2, 0.25) is 0 Å². The van der Waals surface area contributed by atoms with Crippen molar-refractivity contribution < 1.29 is 14.8 Å². The molecule has 5 aromatic rings. The van der Waals surface area contributed by atoms with Crippen molar-refractivity contribution in [2.75, 3.05) is 32.1 Å². The molecule has 0 aliphatic heterocycles. The van der Waals surface area contributed by atoms with Crippen LogP contribution in [0.5, 0.6) is 5.75 Å². The molecule has 6 nitrogen and oxygen atoms in total. The molecule has 0 radical (unpaired) electrons. The monoisotopic (exact) mass is 612 g/mol. The van der Waals surface area contributed by atoms with Gasteiger partial charge in [-0.2, -0.15) is 0 Å². The number of fused-ring (bicyclic) bond motifs is 4. The highest BCUT2D eigenvalue weighted by Gasteiger charge is 2.38. The van der Waals surface area contributed by atoms with Crippen LogP contribution < -0.4 is 10.0 Å². The SMILES string of the molecule is [C-]#[N+]/C(C#N)=C1\C(=C2c3ccccc3C(=[N+](CC)CC)c3ccccc32)C([O-])=C1c1c2ccccc2c(N(C)C)c2cccc(O)c12. The molecule has 5 aromatic carbocycles. The van der Waals surface area contributed by atoms with Crippen molar-refractivity contribution in [3.63, 3.8) is 0 Å². The molecule has 0 unspecified atom stereocenters. The fourth-order valence-electron chi connectivity index (χ4n) is 7.45. The third kappa shape index (κ3) is 4.19. The molecule has 2 aliphatic rings. The van der Waals surface area contributed by atoms with Gasteiger partial charge in [0, 0.05) is 35.8 Å². The summed E-state index contributed by atoms with van der Waals surface area (Å²) in [5, 5.41) is 39.7. The molecule has 6 heteroatoms. The van der Waals surface area contributed by atoms with Gasteiger partial charge in [-0.3, -0.25) is 0 Å². The van der Waals surface area contributed by atoms with Gasteiger partial charge in [0.1, 0.15) is 18.8 Å². The van der Waals surface area contributed by atoms with Gasteiger partial charge in [-0.25, -0.2) is 14.7 Å². The summed E-state index contributed by atoms with van der Waals surface area (Å²) in [4.78, 5) is 5.68. The first-order chi connectivity index (χ1) is 22.9. The van der Waals surface area contributed by atoms with E-state index >= 15 is 0 Å². The molecule has 2 aliphatic carbocycles. The second-order valence-corrected chi connectivity index (χ2v) is 11.9. The zero-order valence-corrected chi connectivity index (χ0v) is 26.7. The number of phenolic OH excluding ortho intramolecular Hbond substituents is 1. The molecule has 7 rings (SSSR count). The van der Waals surface area contributed by atoms with Gasteiger partial charge in [-0.15, -0.1) is 0 Å². The molecule has 0 fully saturated rings. The van der Waals surface area contributed by atoms with Crippen molar-refractivity contribution in [2.24, 2.45) is 0 Å². The molecule has 0 heterocycles. The lowest BCUT2D eigenvalue weighted by Crippen LogP contribution is -2.30. The molecule has 0 aromatic heterocycles. The molecule has 0 amide bonds. The first-order valence-electron chi connectivity index (χ1n) is 15.7. The van der Waals surface area contributed by atoms with E-state index in [1.165, 1.54) is 0 Å². The maximum atomic E-state index is 14.9. The Balaban J connectivity index is 1.69. The summed E-state index contributed by atoms with van der Waals surface area (Å²) < 4.78 is 2.32. The minimum absolute atomic E-state index is 0.0280. The number of nitrogens with zero attached hydrogens (tertiary/aromatic N) is 4. The highest BCUT2D eigenvalue weighted by atomic mass is 16.3. The number of hydrogen-bond acceptors (Lipinski definition) is 4. The van der Waals surface area contributed by atoms with Crippen LogP contribution in [0, 0.1) is 17.9 Å². The zero-order chi connectivity index (χ0) is 33.0. The minimum atomic E-state index is -0.255. The van der Waals surface area contributed by atoms with Gasteiger partial charge < -0.3 is 15.1 Å². The quantitative estimate of drug-likeness (QED) is 0.0985. The largest absolute Gasteiger partial charge is 0.872 e. The number of nitriles is 1. The van der Waals surface area contributed by atoms with Crippen molar-refractivity contribution in [3.05, 3.63) is 153 Å². The first-order valence-corrected chi connectivity index (χ1v) is 15.7. The average molecular weight is 613 g/mol. The van der Waals surface area contributed by atoms with Gasteiger partial charge >= 0.3 is 0 Å². The third-order valence-corrected chi connectivity index (χ3v) is 9.34. The van der Waals surface area contributed by atoms with Crippen molar-refractivity contribution in [1.82, 2.24) is 0 Å². The molecule has 0 spiro atoms. The van der Waals surface area contributed by atoms with E-state index < -0.39 is 0 Å². The molecule has 228 valence electrons. The maximum absolute atomic E-state index is 14.9. The number of aromatic hydroxyl groups is 1. The Morgan fingerprint density at radius 3 is 1.89 bits per heavy atom. The van der Waals surface area contributed by atoms with Crippen LogP contribution in [0.1, 0.15) is 41.7 Å². The van der Waals surface area contributed by atoms with E-state index in [9.17, 15) is 15.5 Å². The fraction of sp³-hybridized carbons (Fsp3) is 0.146. The van der Waals surface area contributed by atoms with Crippen LogP contribution in [0.25, 0.3) is 37.5 Å². The molecular formula is C41H32N4O2. The predicted molar refractivity (Wildman–Crippen MR) is 187 cm³/mol. The van der Waals surface area contributed by atoms with Gasteiger partial charge in [-0.1, -0.05) is 78.6 Å². The Kier molecular flexibility index (Phi) is 7.15. The fourth-order valence-corrected chi connectivity index (χ4v) is 7.45. The number of allylic oxidation sites excluding steroid dienone is 3. The minimum Gasteiger partial charge on any atom is -0.872 e. The number of hydrogen-bond donors (Lipinski definition) is 1. The van der Waals surface area contributed by atoms with Crippen molar-refractivity contribution in [1.29, 1.82) is 5.26 Å². The van der Waals surface area contributed by atoms with Crippen molar-refractivity contribution >= 4 is 44.1 Å². The Bertz CT molecular complexity index is 2320. The molecule has 1 N–H and O–H groups in total. The molecular weight excluding hydrogens is 580 g/mol. The third-order valence-electron chi connectivity index (χ3n) is 9.34. The second-order valence-electron chi connectivity index (χ2n) is 11.9. The number of rotatable bonds is 4. The Labute approximate surface area is 274 Å². The lowest BCUT2D eigenvalue weighted by Gasteiger charge is -2.40. The van der Waals surface area contributed by atoms with E-state index in [1.54, 1.807) is 12.1 Å². The van der Waals surface area contributed by atoms with Crippen molar-refractivity contribution in [2.45, 2.75) is 13.8 Å². The van der Waals surface area contributed by atoms with E-state index in [2.05, 4.69) is 41.5 Å². The van der Waals surface area contributed by atoms with Gasteiger partial charge in [0.15, 0.2) is 0 Å². The Hall–Kier alpha value is -6.11. The van der Waals surface area contributed by atoms with Crippen LogP contribution in [-0.2, 0) is 0 Å². The predicted octanol–water partition coefficient (Wildman–Crippen LogP) is 7.25. The number of benzene rings is 5. The molecule has 0 saturated carbocycles. The summed E-state index contributed by atoms with van der Waals surface area (Å²) in [6, 6.07) is 31.4.